The molecule has 2 aromatic rings. The van der Waals surface area contributed by atoms with Gasteiger partial charge in [-0.05, 0) is 33.2 Å². The minimum Gasteiger partial charge on any atom is -0.331 e. The van der Waals surface area contributed by atoms with E-state index in [-0.39, 0.29) is 11.6 Å². The summed E-state index contributed by atoms with van der Waals surface area (Å²) in [4.78, 5) is 26.0. The molecule has 0 saturated carbocycles. The van der Waals surface area contributed by atoms with Crippen molar-refractivity contribution in [2.45, 2.75) is 52.1 Å². The van der Waals surface area contributed by atoms with E-state index in [0.29, 0.717) is 6.04 Å². The summed E-state index contributed by atoms with van der Waals surface area (Å²) >= 11 is 0. The number of nitrogens with zero attached hydrogens (tertiary/aromatic N) is 4. The number of aryl methyl sites for hydroxylation is 2. The summed E-state index contributed by atoms with van der Waals surface area (Å²) in [6, 6.07) is 2.09. The minimum atomic E-state index is -0.0733. The number of nitrogens with one attached hydrogen (secondary N) is 1. The van der Waals surface area contributed by atoms with Gasteiger partial charge in [0, 0.05) is 43.2 Å². The highest BCUT2D eigenvalue weighted by molar-refractivity contribution is 5.04. The maximum absolute atomic E-state index is 11.7. The van der Waals surface area contributed by atoms with Gasteiger partial charge in [-0.25, -0.2) is 9.97 Å². The third-order valence-corrected chi connectivity index (χ3v) is 4.72. The maximum atomic E-state index is 11.7. The molecule has 6 heteroatoms. The molecule has 6 nitrogen and oxygen atoms in total. The number of rotatable bonds is 4. The van der Waals surface area contributed by atoms with Crippen molar-refractivity contribution >= 4 is 0 Å². The Morgan fingerprint density at radius 2 is 2.30 bits per heavy atom. The van der Waals surface area contributed by atoms with Crippen LogP contribution in [0.25, 0.3) is 0 Å². The van der Waals surface area contributed by atoms with Crippen molar-refractivity contribution in [2.24, 2.45) is 0 Å². The molecule has 0 aromatic carbocycles. The third-order valence-electron chi connectivity index (χ3n) is 4.72. The van der Waals surface area contributed by atoms with Crippen LogP contribution in [0.15, 0.2) is 23.3 Å². The van der Waals surface area contributed by atoms with Crippen molar-refractivity contribution in [1.29, 1.82) is 0 Å². The largest absolute Gasteiger partial charge is 0.331 e. The first-order valence-corrected chi connectivity index (χ1v) is 8.42. The molecule has 0 spiro atoms. The smallest absolute Gasteiger partial charge is 0.251 e. The van der Waals surface area contributed by atoms with Crippen molar-refractivity contribution in [2.75, 3.05) is 13.1 Å². The van der Waals surface area contributed by atoms with Crippen LogP contribution in [0.3, 0.4) is 0 Å². The van der Waals surface area contributed by atoms with E-state index in [0.717, 1.165) is 43.3 Å². The van der Waals surface area contributed by atoms with Crippen LogP contribution in [-0.4, -0.2) is 37.5 Å². The maximum Gasteiger partial charge on any atom is 0.251 e. The SMILES string of the molecule is CCc1nccn1[C@H]1CCCN([C@@H](C)c2nc(C)cc(=O)[nH]2)C1. The van der Waals surface area contributed by atoms with Gasteiger partial charge in [-0.15, -0.1) is 0 Å². The fourth-order valence-corrected chi connectivity index (χ4v) is 3.49. The standard InChI is InChI=1S/C17H25N5O/c1-4-15-18-7-9-22(15)14-6-5-8-21(11-14)13(3)17-19-12(2)10-16(23)20-17/h7,9-10,13-14H,4-6,8,11H2,1-3H3,(H,19,20,23)/t13-,14-/m0/s1. The van der Waals surface area contributed by atoms with E-state index in [4.69, 9.17) is 0 Å². The van der Waals surface area contributed by atoms with E-state index in [1.54, 1.807) is 0 Å². The Hall–Kier alpha value is -1.95. The van der Waals surface area contributed by atoms with E-state index in [1.165, 1.54) is 12.5 Å². The van der Waals surface area contributed by atoms with Crippen LogP contribution in [0, 0.1) is 6.92 Å². The number of aromatic amines is 1. The molecule has 1 fully saturated rings. The lowest BCUT2D eigenvalue weighted by molar-refractivity contribution is 0.128. The van der Waals surface area contributed by atoms with E-state index in [2.05, 4.69) is 44.5 Å². The molecule has 3 heterocycles. The van der Waals surface area contributed by atoms with Gasteiger partial charge >= 0.3 is 0 Å². The monoisotopic (exact) mass is 315 g/mol. The molecule has 1 saturated heterocycles. The van der Waals surface area contributed by atoms with E-state index in [9.17, 15) is 4.79 Å². The summed E-state index contributed by atoms with van der Waals surface area (Å²) in [6.45, 7) is 8.12. The fourth-order valence-electron chi connectivity index (χ4n) is 3.49. The predicted molar refractivity (Wildman–Crippen MR) is 89.5 cm³/mol. The number of H-pyrrole nitrogens is 1. The van der Waals surface area contributed by atoms with Crippen LogP contribution in [0.1, 0.15) is 56.1 Å². The highest BCUT2D eigenvalue weighted by Crippen LogP contribution is 2.28. The lowest BCUT2D eigenvalue weighted by Crippen LogP contribution is -2.39. The molecule has 0 unspecified atom stereocenters. The molecule has 2 aromatic heterocycles. The van der Waals surface area contributed by atoms with Crippen LogP contribution in [0.5, 0.6) is 0 Å². The highest BCUT2D eigenvalue weighted by Gasteiger charge is 2.27. The molecule has 1 N–H and O–H groups in total. The van der Waals surface area contributed by atoms with E-state index in [1.807, 2.05) is 13.1 Å². The van der Waals surface area contributed by atoms with Gasteiger partial charge in [-0.2, -0.15) is 0 Å². The Morgan fingerprint density at radius 3 is 3.04 bits per heavy atom. The number of aromatic nitrogens is 4. The topological polar surface area (TPSA) is 66.8 Å². The van der Waals surface area contributed by atoms with Gasteiger partial charge in [-0.3, -0.25) is 9.69 Å². The van der Waals surface area contributed by atoms with Crippen molar-refractivity contribution in [3.05, 3.63) is 46.2 Å². The predicted octanol–water partition coefficient (Wildman–Crippen LogP) is 2.24. The second-order valence-electron chi connectivity index (χ2n) is 6.34. The van der Waals surface area contributed by atoms with Crippen LogP contribution >= 0.6 is 0 Å². The Balaban J connectivity index is 1.79. The Kier molecular flexibility index (Phi) is 4.61. The quantitative estimate of drug-likeness (QED) is 0.939. The second kappa shape index (κ2) is 6.66. The van der Waals surface area contributed by atoms with Crippen LogP contribution in [0.2, 0.25) is 0 Å². The Morgan fingerprint density at radius 1 is 1.48 bits per heavy atom. The molecular weight excluding hydrogens is 290 g/mol. The van der Waals surface area contributed by atoms with Gasteiger partial charge in [0.1, 0.15) is 11.6 Å². The molecule has 23 heavy (non-hydrogen) atoms. The number of imidazole rings is 1. The Bertz CT molecular complexity index is 720. The second-order valence-corrected chi connectivity index (χ2v) is 6.34. The van der Waals surface area contributed by atoms with Gasteiger partial charge < -0.3 is 9.55 Å². The summed E-state index contributed by atoms with van der Waals surface area (Å²) in [7, 11) is 0. The number of hydrogen-bond acceptors (Lipinski definition) is 4. The number of piperidine rings is 1. The summed E-state index contributed by atoms with van der Waals surface area (Å²) in [6.07, 6.45) is 7.24. The molecule has 2 atom stereocenters. The minimum absolute atomic E-state index is 0.0733. The molecule has 3 rings (SSSR count). The zero-order chi connectivity index (χ0) is 16.4. The van der Waals surface area contributed by atoms with Gasteiger partial charge in [0.25, 0.3) is 5.56 Å². The van der Waals surface area contributed by atoms with Crippen molar-refractivity contribution in [3.8, 4) is 0 Å². The first-order valence-electron chi connectivity index (χ1n) is 8.42. The van der Waals surface area contributed by atoms with Gasteiger partial charge in [0.15, 0.2) is 0 Å². The lowest BCUT2D eigenvalue weighted by atomic mass is 10.0. The van der Waals surface area contributed by atoms with Crippen LogP contribution in [-0.2, 0) is 6.42 Å². The number of likely N-dealkylation sites (tertiary alicyclic amines) is 1. The normalized spacial score (nSPS) is 20.6. The van der Waals surface area contributed by atoms with Gasteiger partial charge in [0.05, 0.1) is 6.04 Å². The van der Waals surface area contributed by atoms with Crippen molar-refractivity contribution in [1.82, 2.24) is 24.4 Å². The third kappa shape index (κ3) is 3.37. The van der Waals surface area contributed by atoms with Gasteiger partial charge in [0.2, 0.25) is 0 Å². The highest BCUT2D eigenvalue weighted by atomic mass is 16.1. The van der Waals surface area contributed by atoms with Crippen LogP contribution < -0.4 is 5.56 Å². The summed E-state index contributed by atoms with van der Waals surface area (Å²) in [5.74, 6) is 1.91. The summed E-state index contributed by atoms with van der Waals surface area (Å²) in [5, 5.41) is 0. The average molecular weight is 315 g/mol. The van der Waals surface area contributed by atoms with Crippen molar-refractivity contribution < 1.29 is 0 Å². The van der Waals surface area contributed by atoms with Crippen molar-refractivity contribution in [3.63, 3.8) is 0 Å². The average Bonchev–Trinajstić information content (AvgIpc) is 3.02. The molecule has 0 amide bonds. The molecule has 1 aliphatic rings. The lowest BCUT2D eigenvalue weighted by Gasteiger charge is -2.37. The molecule has 124 valence electrons. The van der Waals surface area contributed by atoms with E-state index >= 15 is 0 Å². The molecular formula is C17H25N5O. The first kappa shape index (κ1) is 15.9. The molecule has 1 aliphatic heterocycles. The molecule has 0 bridgehead atoms. The summed E-state index contributed by atoms with van der Waals surface area (Å²) in [5.41, 5.74) is 0.697. The molecule has 0 aliphatic carbocycles. The van der Waals surface area contributed by atoms with Crippen LogP contribution in [0.4, 0.5) is 0 Å². The number of hydrogen-bond donors (Lipinski definition) is 1. The summed E-state index contributed by atoms with van der Waals surface area (Å²) < 4.78 is 2.31. The van der Waals surface area contributed by atoms with E-state index < -0.39 is 0 Å². The zero-order valence-electron chi connectivity index (χ0n) is 14.1. The van der Waals surface area contributed by atoms with Gasteiger partial charge in [-0.1, -0.05) is 6.92 Å². The Labute approximate surface area is 136 Å². The first-order chi connectivity index (χ1) is 11.1. The fraction of sp³-hybridized carbons (Fsp3) is 0.588. The zero-order valence-corrected chi connectivity index (χ0v) is 14.1. The molecule has 0 radical (unpaired) electrons.